The third-order valence-corrected chi connectivity index (χ3v) is 2.94. The van der Waals surface area contributed by atoms with Crippen LogP contribution >= 0.6 is 0 Å². The first kappa shape index (κ1) is 15.5. The highest BCUT2D eigenvalue weighted by atomic mass is 16.1. The van der Waals surface area contributed by atoms with E-state index in [0.29, 0.717) is 18.9 Å². The van der Waals surface area contributed by atoms with Crippen LogP contribution < -0.4 is 11.1 Å². The van der Waals surface area contributed by atoms with Crippen molar-refractivity contribution in [2.45, 2.75) is 47.1 Å². The SMILES string of the molecule is CC(CC(=O)NCc1cccc(N)c1)CC(C)(C)C. The average molecular weight is 262 g/mol. The Bertz CT molecular complexity index is 421. The number of nitrogens with two attached hydrogens (primary N) is 1. The summed E-state index contributed by atoms with van der Waals surface area (Å²) >= 11 is 0. The quantitative estimate of drug-likeness (QED) is 0.800. The van der Waals surface area contributed by atoms with Crippen LogP contribution in [0.3, 0.4) is 0 Å². The van der Waals surface area contributed by atoms with E-state index in [1.807, 2.05) is 24.3 Å². The van der Waals surface area contributed by atoms with E-state index in [1.165, 1.54) is 0 Å². The number of carbonyl (C=O) groups is 1. The van der Waals surface area contributed by atoms with Crippen LogP contribution in [0.25, 0.3) is 0 Å². The molecule has 3 N–H and O–H groups in total. The van der Waals surface area contributed by atoms with Crippen LogP contribution in [0.1, 0.15) is 46.1 Å². The minimum atomic E-state index is 0.110. The Labute approximate surface area is 116 Å². The van der Waals surface area contributed by atoms with Crippen molar-refractivity contribution in [2.24, 2.45) is 11.3 Å². The molecule has 19 heavy (non-hydrogen) atoms. The van der Waals surface area contributed by atoms with Crippen molar-refractivity contribution in [1.82, 2.24) is 5.32 Å². The molecule has 0 aromatic heterocycles. The lowest BCUT2D eigenvalue weighted by Crippen LogP contribution is -2.25. The van der Waals surface area contributed by atoms with Gasteiger partial charge in [0, 0.05) is 18.7 Å². The molecule has 1 rings (SSSR count). The second kappa shape index (κ2) is 6.60. The first-order valence-electron chi connectivity index (χ1n) is 6.87. The predicted octanol–water partition coefficient (Wildman–Crippen LogP) is 3.35. The molecule has 3 nitrogen and oxygen atoms in total. The fourth-order valence-corrected chi connectivity index (χ4v) is 2.41. The van der Waals surface area contributed by atoms with Crippen LogP contribution in [0.4, 0.5) is 5.69 Å². The number of hydrogen-bond acceptors (Lipinski definition) is 2. The van der Waals surface area contributed by atoms with Crippen LogP contribution in [-0.2, 0) is 11.3 Å². The van der Waals surface area contributed by atoms with E-state index in [1.54, 1.807) is 0 Å². The Balaban J connectivity index is 2.36. The molecule has 1 unspecified atom stereocenters. The highest BCUT2D eigenvalue weighted by Crippen LogP contribution is 2.25. The third-order valence-electron chi connectivity index (χ3n) is 2.94. The largest absolute Gasteiger partial charge is 0.399 e. The van der Waals surface area contributed by atoms with Crippen LogP contribution in [-0.4, -0.2) is 5.91 Å². The van der Waals surface area contributed by atoms with Crippen molar-refractivity contribution in [3.05, 3.63) is 29.8 Å². The number of amides is 1. The second-order valence-corrected chi connectivity index (χ2v) is 6.60. The van der Waals surface area contributed by atoms with Gasteiger partial charge < -0.3 is 11.1 Å². The van der Waals surface area contributed by atoms with Crippen LogP contribution in [0.2, 0.25) is 0 Å². The smallest absolute Gasteiger partial charge is 0.220 e. The minimum Gasteiger partial charge on any atom is -0.399 e. The maximum atomic E-state index is 11.9. The van der Waals surface area contributed by atoms with Gasteiger partial charge in [0.1, 0.15) is 0 Å². The maximum absolute atomic E-state index is 11.9. The van der Waals surface area contributed by atoms with Gasteiger partial charge in [0.25, 0.3) is 0 Å². The zero-order chi connectivity index (χ0) is 14.5. The van der Waals surface area contributed by atoms with E-state index in [4.69, 9.17) is 5.73 Å². The van der Waals surface area contributed by atoms with E-state index in [9.17, 15) is 4.79 Å². The Kier molecular flexibility index (Phi) is 5.40. The minimum absolute atomic E-state index is 0.110. The van der Waals surface area contributed by atoms with Crippen molar-refractivity contribution in [3.8, 4) is 0 Å². The van der Waals surface area contributed by atoms with Crippen LogP contribution in [0.5, 0.6) is 0 Å². The Morgan fingerprint density at radius 3 is 2.63 bits per heavy atom. The molecule has 1 amide bonds. The van der Waals surface area contributed by atoms with E-state index in [-0.39, 0.29) is 11.3 Å². The third kappa shape index (κ3) is 6.85. The van der Waals surface area contributed by atoms with Gasteiger partial charge >= 0.3 is 0 Å². The number of benzene rings is 1. The summed E-state index contributed by atoms with van der Waals surface area (Å²) in [5.74, 6) is 0.514. The van der Waals surface area contributed by atoms with Crippen LogP contribution in [0.15, 0.2) is 24.3 Å². The second-order valence-electron chi connectivity index (χ2n) is 6.60. The van der Waals surface area contributed by atoms with Gasteiger partial charge in [-0.3, -0.25) is 4.79 Å². The summed E-state index contributed by atoms with van der Waals surface area (Å²) in [4.78, 5) is 11.9. The first-order valence-corrected chi connectivity index (χ1v) is 6.87. The summed E-state index contributed by atoms with van der Waals surface area (Å²) in [6.45, 7) is 9.29. The summed E-state index contributed by atoms with van der Waals surface area (Å²) in [7, 11) is 0. The van der Waals surface area contributed by atoms with Crippen molar-refractivity contribution >= 4 is 11.6 Å². The molecular formula is C16H26N2O. The molecule has 1 aromatic rings. The van der Waals surface area contributed by atoms with Gasteiger partial charge in [-0.15, -0.1) is 0 Å². The molecule has 0 aliphatic carbocycles. The summed E-state index contributed by atoms with van der Waals surface area (Å²) in [5.41, 5.74) is 7.74. The molecule has 0 aliphatic rings. The van der Waals surface area contributed by atoms with Crippen molar-refractivity contribution in [3.63, 3.8) is 0 Å². The van der Waals surface area contributed by atoms with Crippen molar-refractivity contribution in [2.75, 3.05) is 5.73 Å². The molecule has 0 fully saturated rings. The van der Waals surface area contributed by atoms with Gasteiger partial charge in [-0.25, -0.2) is 0 Å². The average Bonchev–Trinajstić information content (AvgIpc) is 2.23. The molecule has 3 heteroatoms. The monoisotopic (exact) mass is 262 g/mol. The molecule has 1 atom stereocenters. The molecule has 1 aromatic carbocycles. The summed E-state index contributed by atoms with van der Waals surface area (Å²) in [6.07, 6.45) is 1.64. The zero-order valence-corrected chi connectivity index (χ0v) is 12.5. The number of nitrogen functional groups attached to an aromatic ring is 1. The number of carbonyl (C=O) groups excluding carboxylic acids is 1. The molecule has 106 valence electrons. The fraction of sp³-hybridized carbons (Fsp3) is 0.562. The Morgan fingerprint density at radius 1 is 1.37 bits per heavy atom. The topological polar surface area (TPSA) is 55.1 Å². The fourth-order valence-electron chi connectivity index (χ4n) is 2.41. The van der Waals surface area contributed by atoms with Gasteiger partial charge in [0.15, 0.2) is 0 Å². The molecule has 0 heterocycles. The van der Waals surface area contributed by atoms with E-state index < -0.39 is 0 Å². The first-order chi connectivity index (χ1) is 8.76. The summed E-state index contributed by atoms with van der Waals surface area (Å²) in [5, 5.41) is 2.95. The molecule has 0 saturated carbocycles. The maximum Gasteiger partial charge on any atom is 0.220 e. The molecule has 0 saturated heterocycles. The number of rotatable bonds is 5. The molecule has 0 bridgehead atoms. The normalized spacial score (nSPS) is 13.1. The molecule has 0 radical (unpaired) electrons. The van der Waals surface area contributed by atoms with Gasteiger partial charge in [0.05, 0.1) is 0 Å². The van der Waals surface area contributed by atoms with Gasteiger partial charge in [-0.2, -0.15) is 0 Å². The number of anilines is 1. The summed E-state index contributed by atoms with van der Waals surface area (Å²) < 4.78 is 0. The highest BCUT2D eigenvalue weighted by Gasteiger charge is 2.17. The van der Waals surface area contributed by atoms with E-state index in [0.717, 1.165) is 17.7 Å². The van der Waals surface area contributed by atoms with Crippen molar-refractivity contribution in [1.29, 1.82) is 0 Å². The van der Waals surface area contributed by atoms with Crippen LogP contribution in [0, 0.1) is 11.3 Å². The van der Waals surface area contributed by atoms with Gasteiger partial charge in [-0.05, 0) is 35.4 Å². The zero-order valence-electron chi connectivity index (χ0n) is 12.5. The van der Waals surface area contributed by atoms with Gasteiger partial charge in [0.2, 0.25) is 5.91 Å². The molecule has 0 spiro atoms. The molecular weight excluding hydrogens is 236 g/mol. The number of hydrogen-bond donors (Lipinski definition) is 2. The standard InChI is InChI=1S/C16H26N2O/c1-12(10-16(2,3)4)8-15(19)18-11-13-6-5-7-14(17)9-13/h5-7,9,12H,8,10-11,17H2,1-4H3,(H,18,19). The molecule has 0 aliphatic heterocycles. The lowest BCUT2D eigenvalue weighted by molar-refractivity contribution is -0.122. The highest BCUT2D eigenvalue weighted by molar-refractivity contribution is 5.76. The van der Waals surface area contributed by atoms with Gasteiger partial charge in [-0.1, -0.05) is 39.8 Å². The number of nitrogens with one attached hydrogen (secondary N) is 1. The Hall–Kier alpha value is -1.51. The van der Waals surface area contributed by atoms with E-state index >= 15 is 0 Å². The predicted molar refractivity (Wildman–Crippen MR) is 80.6 cm³/mol. The summed E-state index contributed by atoms with van der Waals surface area (Å²) in [6, 6.07) is 7.60. The lowest BCUT2D eigenvalue weighted by atomic mass is 9.84. The lowest BCUT2D eigenvalue weighted by Gasteiger charge is -2.22. The Morgan fingerprint density at radius 2 is 2.05 bits per heavy atom. The van der Waals surface area contributed by atoms with E-state index in [2.05, 4.69) is 33.0 Å². The van der Waals surface area contributed by atoms with Crippen molar-refractivity contribution < 1.29 is 4.79 Å².